The maximum absolute atomic E-state index is 15.0. The molecule has 0 saturated carbocycles. The zero-order valence-corrected chi connectivity index (χ0v) is 22.0. The van der Waals surface area contributed by atoms with E-state index >= 15 is 4.39 Å². The molecule has 0 saturated heterocycles. The molecule has 1 N–H and O–H groups in total. The fraction of sp³-hybridized carbons (Fsp3) is 0.360. The van der Waals surface area contributed by atoms with Crippen molar-refractivity contribution in [3.05, 3.63) is 89.1 Å². The average Bonchev–Trinajstić information content (AvgIpc) is 3.48. The lowest BCUT2D eigenvalue weighted by Crippen LogP contribution is -2.47. The molecule has 4 aromatic rings. The number of rotatable bonds is 9. The Bertz CT molecular complexity index is 1370. The summed E-state index contributed by atoms with van der Waals surface area (Å²) in [7, 11) is -2.47. The van der Waals surface area contributed by atoms with E-state index in [0.717, 1.165) is 5.69 Å². The monoisotopic (exact) mass is 510 g/mol. The smallest absolute Gasteiger partial charge is 0.333 e. The van der Waals surface area contributed by atoms with Gasteiger partial charge in [-0.05, 0) is 74.6 Å². The van der Waals surface area contributed by atoms with Gasteiger partial charge in [0.25, 0.3) is 0 Å². The normalized spacial score (nSPS) is 14.7. The molecule has 0 spiro atoms. The molecule has 2 aromatic heterocycles. The number of benzene rings is 2. The summed E-state index contributed by atoms with van der Waals surface area (Å²) in [6.07, 6.45) is 4.70. The Labute approximate surface area is 209 Å². The molecule has 0 aliphatic heterocycles. The van der Waals surface area contributed by atoms with Crippen LogP contribution in [0.5, 0.6) is 0 Å². The highest BCUT2D eigenvalue weighted by molar-refractivity contribution is 6.71. The molecule has 4 rings (SSSR count). The highest BCUT2D eigenvalue weighted by Crippen LogP contribution is 2.41. The van der Waals surface area contributed by atoms with E-state index in [1.165, 1.54) is 26.2 Å². The van der Waals surface area contributed by atoms with Gasteiger partial charge in [-0.15, -0.1) is 5.10 Å². The summed E-state index contributed by atoms with van der Waals surface area (Å²) >= 11 is 0. The van der Waals surface area contributed by atoms with Crippen LogP contribution in [0.3, 0.4) is 0 Å². The second-order valence-electron chi connectivity index (χ2n) is 9.81. The van der Waals surface area contributed by atoms with Gasteiger partial charge in [0, 0.05) is 30.1 Å². The zero-order valence-electron chi connectivity index (χ0n) is 21.0. The number of aromatic nitrogens is 6. The van der Waals surface area contributed by atoms with Crippen molar-refractivity contribution >= 4 is 8.32 Å². The van der Waals surface area contributed by atoms with E-state index in [9.17, 15) is 9.90 Å². The van der Waals surface area contributed by atoms with Gasteiger partial charge >= 0.3 is 5.69 Å². The van der Waals surface area contributed by atoms with Crippen LogP contribution in [0.4, 0.5) is 4.39 Å². The predicted octanol–water partition coefficient (Wildman–Crippen LogP) is 3.83. The van der Waals surface area contributed by atoms with Crippen LogP contribution in [0.15, 0.2) is 72.0 Å². The molecule has 0 aliphatic carbocycles. The summed E-state index contributed by atoms with van der Waals surface area (Å²) in [5, 5.41) is 23.2. The summed E-state index contributed by atoms with van der Waals surface area (Å²) in [6, 6.07) is 12.8. The minimum atomic E-state index is -2.47. The number of imidazole rings is 1. The van der Waals surface area contributed by atoms with Crippen LogP contribution in [0, 0.1) is 5.82 Å². The van der Waals surface area contributed by atoms with Crippen LogP contribution in [-0.4, -0.2) is 48.9 Å². The predicted molar refractivity (Wildman–Crippen MR) is 136 cm³/mol. The average molecular weight is 511 g/mol. The summed E-state index contributed by atoms with van der Waals surface area (Å²) < 4.78 is 25.6. The second kappa shape index (κ2) is 9.92. The Hall–Kier alpha value is -3.41. The topological polar surface area (TPSA) is 100.0 Å². The van der Waals surface area contributed by atoms with Crippen molar-refractivity contribution in [2.75, 3.05) is 0 Å². The molecule has 190 valence electrons. The van der Waals surface area contributed by atoms with E-state index < -0.39 is 25.8 Å². The van der Waals surface area contributed by atoms with Crippen LogP contribution in [-0.2, 0) is 10.0 Å². The van der Waals surface area contributed by atoms with E-state index in [1.807, 2.05) is 26.9 Å². The van der Waals surface area contributed by atoms with Gasteiger partial charge in [-0.1, -0.05) is 18.2 Å². The number of aliphatic hydroxyl groups is 1. The first kappa shape index (κ1) is 25.7. The summed E-state index contributed by atoms with van der Waals surface area (Å²) in [6.45, 7) is 9.60. The fourth-order valence-corrected chi connectivity index (χ4v) is 7.91. The number of hydrogen-bond acceptors (Lipinski definition) is 6. The molecule has 2 aromatic carbocycles. The quantitative estimate of drug-likeness (QED) is 0.344. The van der Waals surface area contributed by atoms with Crippen molar-refractivity contribution in [3.63, 3.8) is 0 Å². The van der Waals surface area contributed by atoms with E-state index in [2.05, 4.69) is 15.5 Å². The molecule has 11 heteroatoms. The third kappa shape index (κ3) is 5.08. The van der Waals surface area contributed by atoms with Crippen LogP contribution in [0.2, 0.25) is 19.1 Å². The molecule has 0 radical (unpaired) electrons. The van der Waals surface area contributed by atoms with Gasteiger partial charge in [0.1, 0.15) is 17.7 Å². The van der Waals surface area contributed by atoms with Crippen molar-refractivity contribution in [2.45, 2.75) is 57.7 Å². The molecule has 9 nitrogen and oxygen atoms in total. The van der Waals surface area contributed by atoms with E-state index in [1.54, 1.807) is 61.8 Å². The first-order valence-electron chi connectivity index (χ1n) is 11.8. The van der Waals surface area contributed by atoms with Gasteiger partial charge < -0.3 is 9.53 Å². The highest BCUT2D eigenvalue weighted by atomic mass is 28.4. The van der Waals surface area contributed by atoms with Gasteiger partial charge in [0.2, 0.25) is 0 Å². The van der Waals surface area contributed by atoms with Crippen LogP contribution >= 0.6 is 0 Å². The Morgan fingerprint density at radius 1 is 1.06 bits per heavy atom. The molecule has 0 bridgehead atoms. The summed E-state index contributed by atoms with van der Waals surface area (Å²) in [5.74, 6) is -0.521. The summed E-state index contributed by atoms with van der Waals surface area (Å²) in [5.41, 5.74) is -0.492. The van der Waals surface area contributed by atoms with Crippen molar-refractivity contribution in [2.24, 2.45) is 0 Å². The van der Waals surface area contributed by atoms with Gasteiger partial charge in [-0.3, -0.25) is 9.13 Å². The first-order valence-corrected chi connectivity index (χ1v) is 14.9. The summed E-state index contributed by atoms with van der Waals surface area (Å²) in [4.78, 5) is 13.5. The number of hydrogen-bond donors (Lipinski definition) is 1. The Kier molecular flexibility index (Phi) is 7.07. The number of tetrazole rings is 1. The lowest BCUT2D eigenvalue weighted by molar-refractivity contribution is -0.00261. The van der Waals surface area contributed by atoms with Crippen molar-refractivity contribution in [1.82, 2.24) is 29.3 Å². The highest BCUT2D eigenvalue weighted by Gasteiger charge is 2.45. The second-order valence-corrected chi connectivity index (χ2v) is 13.9. The van der Waals surface area contributed by atoms with Crippen molar-refractivity contribution in [1.29, 1.82) is 0 Å². The van der Waals surface area contributed by atoms with Crippen molar-refractivity contribution in [3.8, 4) is 11.4 Å². The minimum Gasteiger partial charge on any atom is -0.415 e. The number of halogens is 1. The first-order chi connectivity index (χ1) is 17.0. The Balaban J connectivity index is 1.72. The van der Waals surface area contributed by atoms with Gasteiger partial charge in [0.05, 0.1) is 17.4 Å². The minimum absolute atomic E-state index is 0.0353. The van der Waals surface area contributed by atoms with E-state index in [-0.39, 0.29) is 23.4 Å². The van der Waals surface area contributed by atoms with Crippen molar-refractivity contribution < 1.29 is 13.9 Å². The third-order valence-electron chi connectivity index (χ3n) is 6.24. The molecule has 36 heavy (non-hydrogen) atoms. The van der Waals surface area contributed by atoms with E-state index in [4.69, 9.17) is 4.43 Å². The Morgan fingerprint density at radius 2 is 1.72 bits per heavy atom. The van der Waals surface area contributed by atoms with Gasteiger partial charge in [-0.2, -0.15) is 0 Å². The van der Waals surface area contributed by atoms with E-state index in [0.29, 0.717) is 5.69 Å². The molecule has 2 heterocycles. The Morgan fingerprint density at radius 3 is 2.33 bits per heavy atom. The molecule has 2 atom stereocenters. The maximum atomic E-state index is 15.0. The largest absolute Gasteiger partial charge is 0.415 e. The fourth-order valence-electron chi connectivity index (χ4n) is 4.77. The molecular weight excluding hydrogens is 479 g/mol. The van der Waals surface area contributed by atoms with Gasteiger partial charge in [0.15, 0.2) is 8.32 Å². The van der Waals surface area contributed by atoms with Gasteiger partial charge in [-0.25, -0.2) is 13.9 Å². The van der Waals surface area contributed by atoms with Crippen LogP contribution in [0.1, 0.15) is 32.4 Å². The van der Waals surface area contributed by atoms with Crippen LogP contribution in [0.25, 0.3) is 11.4 Å². The molecular formula is C25H31FN6O3Si. The SMILES string of the molecule is CC(C)O[Si](C)(C)C[C@](O)(c1ccccc1F)[C@@H](C)n1ccn(-c2ccc(-n3cnnn3)cc2)c1=O. The number of nitrogens with zero attached hydrogens (tertiary/aromatic N) is 6. The lowest BCUT2D eigenvalue weighted by atomic mass is 9.88. The zero-order chi connectivity index (χ0) is 26.1. The standard InChI is InChI=1S/C25H31FN6O3Si/c1-18(2)35-36(4,5)16-25(34,22-8-6-7-9-23(22)26)19(3)30-14-15-31(24(30)33)20-10-12-21(13-11-20)32-17-27-28-29-32/h6-15,17-19,34H,16H2,1-5H3/t19-,25-/m1/s1. The molecule has 0 unspecified atom stereocenters. The molecule has 0 aliphatic rings. The lowest BCUT2D eigenvalue weighted by Gasteiger charge is -2.40. The molecule has 0 fully saturated rings. The third-order valence-corrected chi connectivity index (χ3v) is 8.74. The maximum Gasteiger partial charge on any atom is 0.333 e. The van der Waals surface area contributed by atoms with Crippen LogP contribution < -0.4 is 5.69 Å². The molecule has 0 amide bonds.